The van der Waals surface area contributed by atoms with E-state index in [0.717, 1.165) is 9.88 Å². The SMILES string of the molecule is O=C(O)Cc1cnc(-c2csnn2)s1. The summed E-state index contributed by atoms with van der Waals surface area (Å²) in [5.41, 5.74) is 0.705. The van der Waals surface area contributed by atoms with E-state index in [1.54, 1.807) is 11.6 Å². The molecule has 2 aromatic heterocycles. The van der Waals surface area contributed by atoms with Gasteiger partial charge in [-0.1, -0.05) is 4.49 Å². The van der Waals surface area contributed by atoms with E-state index in [2.05, 4.69) is 14.6 Å². The molecule has 0 fully saturated rings. The number of carbonyl (C=O) groups is 1. The van der Waals surface area contributed by atoms with Crippen molar-refractivity contribution in [3.8, 4) is 10.7 Å². The van der Waals surface area contributed by atoms with Gasteiger partial charge in [-0.15, -0.1) is 16.4 Å². The highest BCUT2D eigenvalue weighted by atomic mass is 32.1. The van der Waals surface area contributed by atoms with E-state index < -0.39 is 5.97 Å². The molecule has 1 N–H and O–H groups in total. The third kappa shape index (κ3) is 1.94. The molecule has 0 aliphatic heterocycles. The molecule has 0 aliphatic carbocycles. The predicted molar refractivity (Wildman–Crippen MR) is 52.4 cm³/mol. The molecule has 2 aromatic rings. The van der Waals surface area contributed by atoms with Crippen LogP contribution in [0.15, 0.2) is 11.6 Å². The van der Waals surface area contributed by atoms with Gasteiger partial charge in [0.05, 0.1) is 6.42 Å². The molecule has 0 radical (unpaired) electrons. The molecule has 72 valence electrons. The second-order valence-electron chi connectivity index (χ2n) is 2.49. The highest BCUT2D eigenvalue weighted by Crippen LogP contribution is 2.23. The van der Waals surface area contributed by atoms with Crippen LogP contribution < -0.4 is 0 Å². The van der Waals surface area contributed by atoms with Crippen LogP contribution in [0.2, 0.25) is 0 Å². The monoisotopic (exact) mass is 227 g/mol. The Morgan fingerprint density at radius 3 is 3.07 bits per heavy atom. The quantitative estimate of drug-likeness (QED) is 0.855. The van der Waals surface area contributed by atoms with E-state index in [9.17, 15) is 4.79 Å². The maximum absolute atomic E-state index is 10.4. The lowest BCUT2D eigenvalue weighted by molar-refractivity contribution is -0.136. The summed E-state index contributed by atoms with van der Waals surface area (Å²) in [5, 5.41) is 14.9. The second kappa shape index (κ2) is 3.81. The average Bonchev–Trinajstić information content (AvgIpc) is 2.69. The van der Waals surface area contributed by atoms with Gasteiger partial charge in [0, 0.05) is 16.5 Å². The molecule has 14 heavy (non-hydrogen) atoms. The van der Waals surface area contributed by atoms with E-state index in [1.807, 2.05) is 0 Å². The number of aliphatic carboxylic acids is 1. The van der Waals surface area contributed by atoms with Crippen LogP contribution in [0.25, 0.3) is 10.7 Å². The van der Waals surface area contributed by atoms with Crippen molar-refractivity contribution >= 4 is 28.8 Å². The van der Waals surface area contributed by atoms with Gasteiger partial charge in [-0.25, -0.2) is 4.98 Å². The molecule has 0 atom stereocenters. The van der Waals surface area contributed by atoms with E-state index in [1.165, 1.54) is 22.9 Å². The zero-order valence-corrected chi connectivity index (χ0v) is 8.51. The Hall–Kier alpha value is -1.34. The summed E-state index contributed by atoms with van der Waals surface area (Å²) in [5.74, 6) is -0.850. The normalized spacial score (nSPS) is 10.3. The van der Waals surface area contributed by atoms with Gasteiger partial charge in [-0.3, -0.25) is 4.79 Å². The molecular weight excluding hydrogens is 222 g/mol. The number of hydrogen-bond donors (Lipinski definition) is 1. The zero-order valence-electron chi connectivity index (χ0n) is 6.88. The largest absolute Gasteiger partial charge is 0.481 e. The number of thiazole rings is 1. The van der Waals surface area contributed by atoms with Crippen molar-refractivity contribution < 1.29 is 9.90 Å². The summed E-state index contributed by atoms with van der Waals surface area (Å²) in [4.78, 5) is 15.2. The Morgan fingerprint density at radius 2 is 2.43 bits per heavy atom. The molecule has 2 heterocycles. The highest BCUT2D eigenvalue weighted by Gasteiger charge is 2.09. The van der Waals surface area contributed by atoms with Crippen LogP contribution in [0, 0.1) is 0 Å². The maximum Gasteiger partial charge on any atom is 0.308 e. The minimum atomic E-state index is -0.850. The first-order valence-corrected chi connectivity index (χ1v) is 5.35. The molecule has 0 aromatic carbocycles. The van der Waals surface area contributed by atoms with Crippen LogP contribution >= 0.6 is 22.9 Å². The van der Waals surface area contributed by atoms with Crippen molar-refractivity contribution in [2.75, 3.05) is 0 Å². The highest BCUT2D eigenvalue weighted by molar-refractivity contribution is 7.15. The van der Waals surface area contributed by atoms with Gasteiger partial charge in [-0.05, 0) is 11.5 Å². The molecule has 0 amide bonds. The predicted octanol–water partition coefficient (Wildman–Crippen LogP) is 1.29. The molecule has 2 rings (SSSR count). The standard InChI is InChI=1S/C7H5N3O2S2/c11-6(12)1-4-2-8-7(14-4)5-3-13-10-9-5/h2-3H,1H2,(H,11,12). The van der Waals surface area contributed by atoms with E-state index in [0.29, 0.717) is 5.69 Å². The van der Waals surface area contributed by atoms with Gasteiger partial charge >= 0.3 is 5.97 Å². The number of hydrogen-bond acceptors (Lipinski definition) is 6. The number of rotatable bonds is 3. The molecule has 0 unspecified atom stereocenters. The van der Waals surface area contributed by atoms with Crippen molar-refractivity contribution in [1.82, 2.24) is 14.6 Å². The molecule has 7 heteroatoms. The van der Waals surface area contributed by atoms with Crippen molar-refractivity contribution in [2.45, 2.75) is 6.42 Å². The Balaban J connectivity index is 2.22. The molecule has 0 saturated heterocycles. The lowest BCUT2D eigenvalue weighted by atomic mass is 10.4. The van der Waals surface area contributed by atoms with Gasteiger partial charge in [0.15, 0.2) is 0 Å². The first-order valence-electron chi connectivity index (χ1n) is 3.69. The third-order valence-corrected chi connectivity index (χ3v) is 2.98. The van der Waals surface area contributed by atoms with Crippen LogP contribution in [0.3, 0.4) is 0 Å². The molecule has 5 nitrogen and oxygen atoms in total. The van der Waals surface area contributed by atoms with Gasteiger partial charge in [0.25, 0.3) is 0 Å². The Morgan fingerprint density at radius 1 is 1.57 bits per heavy atom. The number of carboxylic acids is 1. The molecule has 0 bridgehead atoms. The zero-order chi connectivity index (χ0) is 9.97. The fraction of sp³-hybridized carbons (Fsp3) is 0.143. The van der Waals surface area contributed by atoms with Gasteiger partial charge in [-0.2, -0.15) is 0 Å². The van der Waals surface area contributed by atoms with Crippen molar-refractivity contribution in [2.24, 2.45) is 0 Å². The number of aromatic nitrogens is 3. The van der Waals surface area contributed by atoms with Crippen LogP contribution in [-0.2, 0) is 11.2 Å². The summed E-state index contributed by atoms with van der Waals surface area (Å²) < 4.78 is 3.71. The minimum Gasteiger partial charge on any atom is -0.481 e. The third-order valence-electron chi connectivity index (χ3n) is 1.46. The summed E-state index contributed by atoms with van der Waals surface area (Å²) in [6, 6.07) is 0. The maximum atomic E-state index is 10.4. The van der Waals surface area contributed by atoms with Gasteiger partial charge < -0.3 is 5.11 Å². The number of nitrogens with zero attached hydrogens (tertiary/aromatic N) is 3. The Labute approximate surface area is 87.2 Å². The molecule has 0 spiro atoms. The van der Waals surface area contributed by atoms with Gasteiger partial charge in [0.2, 0.25) is 0 Å². The summed E-state index contributed by atoms with van der Waals surface area (Å²) in [6.07, 6.45) is 1.57. The van der Waals surface area contributed by atoms with Crippen LogP contribution in [-0.4, -0.2) is 25.6 Å². The number of carboxylic acid groups (broad SMARTS) is 1. The van der Waals surface area contributed by atoms with Crippen molar-refractivity contribution in [3.05, 3.63) is 16.5 Å². The average molecular weight is 227 g/mol. The van der Waals surface area contributed by atoms with E-state index in [-0.39, 0.29) is 6.42 Å². The van der Waals surface area contributed by atoms with Crippen LogP contribution in [0.4, 0.5) is 0 Å². The Bertz CT molecular complexity index is 437. The molecule has 0 aliphatic rings. The fourth-order valence-corrected chi connectivity index (χ4v) is 2.29. The first kappa shape index (κ1) is 9.22. The van der Waals surface area contributed by atoms with Crippen LogP contribution in [0.5, 0.6) is 0 Å². The van der Waals surface area contributed by atoms with E-state index in [4.69, 9.17) is 5.11 Å². The lowest BCUT2D eigenvalue weighted by Gasteiger charge is -1.86. The van der Waals surface area contributed by atoms with Gasteiger partial charge in [0.1, 0.15) is 10.7 Å². The summed E-state index contributed by atoms with van der Waals surface area (Å²) in [7, 11) is 0. The second-order valence-corrected chi connectivity index (χ2v) is 4.22. The van der Waals surface area contributed by atoms with Crippen molar-refractivity contribution in [3.63, 3.8) is 0 Å². The van der Waals surface area contributed by atoms with Crippen LogP contribution in [0.1, 0.15) is 4.88 Å². The first-order chi connectivity index (χ1) is 6.75. The molecule has 0 saturated carbocycles. The van der Waals surface area contributed by atoms with E-state index >= 15 is 0 Å². The topological polar surface area (TPSA) is 76.0 Å². The fourth-order valence-electron chi connectivity index (χ4n) is 0.914. The summed E-state index contributed by atoms with van der Waals surface area (Å²) in [6.45, 7) is 0. The Kier molecular flexibility index (Phi) is 2.51. The van der Waals surface area contributed by atoms with Crippen molar-refractivity contribution in [1.29, 1.82) is 0 Å². The summed E-state index contributed by atoms with van der Waals surface area (Å²) >= 11 is 2.58. The lowest BCUT2D eigenvalue weighted by Crippen LogP contribution is -1.97. The molecular formula is C7H5N3O2S2. The minimum absolute atomic E-state index is 0.00916. The smallest absolute Gasteiger partial charge is 0.308 e.